The van der Waals surface area contributed by atoms with Crippen LogP contribution in [0.4, 0.5) is 11.5 Å². The van der Waals surface area contributed by atoms with Gasteiger partial charge in [-0.3, -0.25) is 4.79 Å². The van der Waals surface area contributed by atoms with Crippen LogP contribution in [0.2, 0.25) is 0 Å². The molecule has 0 saturated carbocycles. The summed E-state index contributed by atoms with van der Waals surface area (Å²) in [6.45, 7) is 5.11. The number of rotatable bonds is 9. The Morgan fingerprint density at radius 3 is 2.52 bits per heavy atom. The Labute approximate surface area is 147 Å². The lowest BCUT2D eigenvalue weighted by atomic mass is 10.3. The van der Waals surface area contributed by atoms with Crippen molar-refractivity contribution in [2.45, 2.75) is 26.4 Å². The number of hydrogen-bond acceptors (Lipinski definition) is 6. The molecular formula is C18H24N4O3. The average molecular weight is 344 g/mol. The van der Waals surface area contributed by atoms with E-state index in [-0.39, 0.29) is 17.7 Å². The minimum atomic E-state index is -0.245. The molecule has 7 nitrogen and oxygen atoms in total. The van der Waals surface area contributed by atoms with Crippen molar-refractivity contribution in [3.8, 4) is 5.75 Å². The summed E-state index contributed by atoms with van der Waals surface area (Å²) in [6, 6.07) is 7.57. The number of nitrogens with zero attached hydrogens (tertiary/aromatic N) is 2. The van der Waals surface area contributed by atoms with Crippen molar-refractivity contribution in [1.82, 2.24) is 15.3 Å². The van der Waals surface area contributed by atoms with Gasteiger partial charge in [0.05, 0.1) is 18.5 Å². The van der Waals surface area contributed by atoms with Crippen LogP contribution < -0.4 is 15.4 Å². The lowest BCUT2D eigenvalue weighted by Gasteiger charge is -2.11. The zero-order chi connectivity index (χ0) is 18.1. The van der Waals surface area contributed by atoms with Crippen molar-refractivity contribution in [2.24, 2.45) is 0 Å². The smallest absolute Gasteiger partial charge is 0.271 e. The third kappa shape index (κ3) is 6.39. The number of hydrogen-bond donors (Lipinski definition) is 2. The molecule has 1 heterocycles. The third-order valence-corrected chi connectivity index (χ3v) is 3.19. The lowest BCUT2D eigenvalue weighted by Crippen LogP contribution is -2.26. The Morgan fingerprint density at radius 2 is 1.92 bits per heavy atom. The molecule has 25 heavy (non-hydrogen) atoms. The van der Waals surface area contributed by atoms with Crippen molar-refractivity contribution < 1.29 is 14.3 Å². The maximum Gasteiger partial charge on any atom is 0.271 e. The van der Waals surface area contributed by atoms with Crippen LogP contribution in [0, 0.1) is 0 Å². The van der Waals surface area contributed by atoms with Gasteiger partial charge in [-0.1, -0.05) is 0 Å². The highest BCUT2D eigenvalue weighted by Gasteiger charge is 2.07. The monoisotopic (exact) mass is 344 g/mol. The largest absolute Gasteiger partial charge is 0.491 e. The summed E-state index contributed by atoms with van der Waals surface area (Å²) in [4.78, 5) is 20.3. The van der Waals surface area contributed by atoms with E-state index in [4.69, 9.17) is 9.47 Å². The Bertz CT molecular complexity index is 657. The Morgan fingerprint density at radius 1 is 1.16 bits per heavy atom. The molecule has 0 unspecified atom stereocenters. The molecule has 0 aliphatic heterocycles. The van der Waals surface area contributed by atoms with Crippen LogP contribution in [0.1, 0.15) is 30.8 Å². The van der Waals surface area contributed by atoms with Crippen molar-refractivity contribution in [2.75, 3.05) is 25.6 Å². The molecule has 2 rings (SSSR count). The molecule has 0 spiro atoms. The highest BCUT2D eigenvalue weighted by molar-refractivity contribution is 5.92. The predicted molar refractivity (Wildman–Crippen MR) is 96.3 cm³/mol. The molecule has 1 amide bonds. The third-order valence-electron chi connectivity index (χ3n) is 3.19. The summed E-state index contributed by atoms with van der Waals surface area (Å²) in [5.74, 6) is 1.13. The first kappa shape index (κ1) is 18.7. The molecular weight excluding hydrogens is 320 g/mol. The van der Waals surface area contributed by atoms with Crippen LogP contribution in [-0.2, 0) is 4.74 Å². The maximum atomic E-state index is 11.9. The number of ether oxygens (including phenoxy) is 2. The molecule has 2 aromatic rings. The van der Waals surface area contributed by atoms with Crippen LogP contribution in [0.15, 0.2) is 36.7 Å². The molecule has 1 aromatic heterocycles. The van der Waals surface area contributed by atoms with Crippen LogP contribution in [0.3, 0.4) is 0 Å². The van der Waals surface area contributed by atoms with E-state index in [9.17, 15) is 4.79 Å². The second kappa shape index (κ2) is 9.58. The van der Waals surface area contributed by atoms with Gasteiger partial charge in [0.15, 0.2) is 0 Å². The minimum Gasteiger partial charge on any atom is -0.491 e. The van der Waals surface area contributed by atoms with E-state index in [2.05, 4.69) is 20.6 Å². The Balaban J connectivity index is 1.88. The molecule has 2 N–H and O–H groups in total. The number of amides is 1. The Hall–Kier alpha value is -2.67. The first-order valence-electron chi connectivity index (χ1n) is 8.21. The van der Waals surface area contributed by atoms with E-state index in [0.717, 1.165) is 17.9 Å². The van der Waals surface area contributed by atoms with E-state index in [1.807, 2.05) is 38.1 Å². The average Bonchev–Trinajstić information content (AvgIpc) is 2.60. The topological polar surface area (TPSA) is 85.4 Å². The van der Waals surface area contributed by atoms with Crippen molar-refractivity contribution >= 4 is 17.4 Å². The van der Waals surface area contributed by atoms with E-state index in [0.29, 0.717) is 19.0 Å². The molecule has 1 aromatic carbocycles. The zero-order valence-corrected chi connectivity index (χ0v) is 14.8. The summed E-state index contributed by atoms with van der Waals surface area (Å²) in [7, 11) is 1.63. The fraction of sp³-hybridized carbons (Fsp3) is 0.389. The summed E-state index contributed by atoms with van der Waals surface area (Å²) in [5, 5.41) is 5.90. The van der Waals surface area contributed by atoms with E-state index < -0.39 is 0 Å². The van der Waals surface area contributed by atoms with Gasteiger partial charge in [-0.25, -0.2) is 9.97 Å². The van der Waals surface area contributed by atoms with Gasteiger partial charge >= 0.3 is 0 Å². The zero-order valence-electron chi connectivity index (χ0n) is 14.8. The van der Waals surface area contributed by atoms with E-state index >= 15 is 0 Å². The fourth-order valence-corrected chi connectivity index (χ4v) is 2.06. The second-order valence-corrected chi connectivity index (χ2v) is 5.71. The molecule has 0 atom stereocenters. The molecule has 0 aliphatic carbocycles. The number of anilines is 2. The van der Waals surface area contributed by atoms with Crippen molar-refractivity contribution in [3.05, 3.63) is 42.4 Å². The molecule has 0 saturated heterocycles. The van der Waals surface area contributed by atoms with Gasteiger partial charge in [0, 0.05) is 25.9 Å². The highest BCUT2D eigenvalue weighted by Crippen LogP contribution is 2.19. The number of methoxy groups -OCH3 is 1. The summed E-state index contributed by atoms with van der Waals surface area (Å²) < 4.78 is 10.5. The number of nitrogens with one attached hydrogen (secondary N) is 2. The summed E-state index contributed by atoms with van der Waals surface area (Å²) in [5.41, 5.74) is 1.14. The number of carbonyl (C=O) groups excluding carboxylic acids is 1. The number of carbonyl (C=O) groups is 1. The van der Waals surface area contributed by atoms with Gasteiger partial charge < -0.3 is 20.1 Å². The highest BCUT2D eigenvalue weighted by atomic mass is 16.5. The first-order valence-corrected chi connectivity index (χ1v) is 8.21. The van der Waals surface area contributed by atoms with E-state index in [1.54, 1.807) is 7.11 Å². The van der Waals surface area contributed by atoms with E-state index in [1.165, 1.54) is 12.4 Å². The van der Waals surface area contributed by atoms with Gasteiger partial charge in [0.25, 0.3) is 5.91 Å². The van der Waals surface area contributed by atoms with Crippen molar-refractivity contribution in [1.29, 1.82) is 0 Å². The predicted octanol–water partition coefficient (Wildman–Crippen LogP) is 2.77. The van der Waals surface area contributed by atoms with Gasteiger partial charge in [-0.05, 0) is 44.5 Å². The SMILES string of the molecule is COCCCNC(=O)c1cnc(Nc2ccc(OC(C)C)cc2)cn1. The van der Waals surface area contributed by atoms with Crippen LogP contribution in [-0.4, -0.2) is 42.2 Å². The van der Waals surface area contributed by atoms with Gasteiger partial charge in [0.1, 0.15) is 17.3 Å². The van der Waals surface area contributed by atoms with Crippen LogP contribution in [0.25, 0.3) is 0 Å². The second-order valence-electron chi connectivity index (χ2n) is 5.71. The van der Waals surface area contributed by atoms with Gasteiger partial charge in [0.2, 0.25) is 0 Å². The molecule has 0 radical (unpaired) electrons. The molecule has 0 fully saturated rings. The lowest BCUT2D eigenvalue weighted by molar-refractivity contribution is 0.0943. The Kier molecular flexibility index (Phi) is 7.16. The van der Waals surface area contributed by atoms with Gasteiger partial charge in [-0.2, -0.15) is 0 Å². The number of benzene rings is 1. The minimum absolute atomic E-state index is 0.137. The quantitative estimate of drug-likeness (QED) is 0.681. The standard InChI is InChI=1S/C18H24N4O3/c1-13(2)25-15-7-5-14(6-8-15)22-17-12-20-16(11-21-17)18(23)19-9-4-10-24-3/h5-8,11-13H,4,9-10H2,1-3H3,(H,19,23)(H,21,22). The summed E-state index contributed by atoms with van der Waals surface area (Å²) >= 11 is 0. The van der Waals surface area contributed by atoms with Crippen molar-refractivity contribution in [3.63, 3.8) is 0 Å². The molecule has 0 aliphatic rings. The molecule has 134 valence electrons. The molecule has 7 heteroatoms. The van der Waals surface area contributed by atoms with Crippen LogP contribution in [0.5, 0.6) is 5.75 Å². The number of aromatic nitrogens is 2. The first-order chi connectivity index (χ1) is 12.1. The molecule has 0 bridgehead atoms. The fourth-order valence-electron chi connectivity index (χ4n) is 2.06. The van der Waals surface area contributed by atoms with Gasteiger partial charge in [-0.15, -0.1) is 0 Å². The van der Waals surface area contributed by atoms with Crippen LogP contribution >= 0.6 is 0 Å². The maximum absolute atomic E-state index is 11.9. The normalized spacial score (nSPS) is 10.6. The summed E-state index contributed by atoms with van der Waals surface area (Å²) in [6.07, 6.45) is 3.87.